The van der Waals surface area contributed by atoms with Gasteiger partial charge in [-0.15, -0.1) is 0 Å². The summed E-state index contributed by atoms with van der Waals surface area (Å²) in [6.07, 6.45) is 4.52. The lowest BCUT2D eigenvalue weighted by Crippen LogP contribution is -2.48. The third kappa shape index (κ3) is 5.88. The smallest absolute Gasteiger partial charge is 0.248 e. The summed E-state index contributed by atoms with van der Waals surface area (Å²) in [7, 11) is 0. The lowest BCUT2D eigenvalue weighted by atomic mass is 10.2. The van der Waals surface area contributed by atoms with Gasteiger partial charge in [-0.2, -0.15) is 0 Å². The molecule has 6 nitrogen and oxygen atoms in total. The number of hydrogen-bond donors (Lipinski definition) is 1. The zero-order valence-corrected chi connectivity index (χ0v) is 19.9. The molecule has 2 amide bonds. The molecule has 3 aromatic rings. The number of halogens is 1. The minimum absolute atomic E-state index is 0.199. The fraction of sp³-hybridized carbons (Fsp3) is 0.259. The van der Waals surface area contributed by atoms with Gasteiger partial charge in [0.25, 0.3) is 0 Å². The molecule has 1 aliphatic heterocycles. The number of anilines is 2. The molecule has 7 heteroatoms. The van der Waals surface area contributed by atoms with Gasteiger partial charge in [0.05, 0.1) is 11.4 Å². The quantitative estimate of drug-likeness (QED) is 0.443. The van der Waals surface area contributed by atoms with Crippen LogP contribution in [0.5, 0.6) is 0 Å². The number of nitrogens with zero attached hydrogens (tertiary/aromatic N) is 2. The first-order valence-corrected chi connectivity index (χ1v) is 11.9. The van der Waals surface area contributed by atoms with Crippen molar-refractivity contribution in [2.45, 2.75) is 19.8 Å². The maximum absolute atomic E-state index is 12.7. The van der Waals surface area contributed by atoms with Crippen molar-refractivity contribution in [3.63, 3.8) is 0 Å². The van der Waals surface area contributed by atoms with Gasteiger partial charge in [0.1, 0.15) is 11.5 Å². The summed E-state index contributed by atoms with van der Waals surface area (Å²) in [6.45, 7) is 4.74. The summed E-state index contributed by atoms with van der Waals surface area (Å²) in [5.41, 5.74) is 2.50. The zero-order valence-electron chi connectivity index (χ0n) is 19.2. The van der Waals surface area contributed by atoms with Crippen LogP contribution in [0.4, 0.5) is 11.4 Å². The Morgan fingerprint density at radius 3 is 2.53 bits per heavy atom. The van der Waals surface area contributed by atoms with E-state index < -0.39 is 0 Å². The third-order valence-corrected chi connectivity index (χ3v) is 5.97. The molecule has 0 unspecified atom stereocenters. The minimum Gasteiger partial charge on any atom is -0.457 e. The fourth-order valence-corrected chi connectivity index (χ4v) is 4.16. The van der Waals surface area contributed by atoms with E-state index in [1.807, 2.05) is 66.4 Å². The first-order valence-electron chi connectivity index (χ1n) is 11.5. The Morgan fingerprint density at radius 2 is 1.79 bits per heavy atom. The molecule has 0 aliphatic carbocycles. The average molecular weight is 478 g/mol. The molecule has 2 aromatic carbocycles. The second-order valence-corrected chi connectivity index (χ2v) is 8.61. The molecule has 4 rings (SSSR count). The summed E-state index contributed by atoms with van der Waals surface area (Å²) in [5.74, 6) is 1.26. The highest BCUT2D eigenvalue weighted by Crippen LogP contribution is 2.30. The molecule has 0 spiro atoms. The van der Waals surface area contributed by atoms with Crippen molar-refractivity contribution in [3.05, 3.63) is 77.5 Å². The van der Waals surface area contributed by atoms with Crippen LogP contribution in [-0.2, 0) is 9.59 Å². The normalized spacial score (nSPS) is 13.9. The van der Waals surface area contributed by atoms with Crippen LogP contribution in [0, 0.1) is 0 Å². The Balaban J connectivity index is 1.41. The predicted molar refractivity (Wildman–Crippen MR) is 137 cm³/mol. The van der Waals surface area contributed by atoms with Crippen molar-refractivity contribution in [2.75, 3.05) is 36.4 Å². The van der Waals surface area contributed by atoms with E-state index in [2.05, 4.69) is 10.2 Å². The second kappa shape index (κ2) is 11.1. The van der Waals surface area contributed by atoms with Crippen molar-refractivity contribution >= 4 is 40.9 Å². The van der Waals surface area contributed by atoms with E-state index in [1.165, 1.54) is 6.08 Å². The van der Waals surface area contributed by atoms with Crippen LogP contribution in [0.25, 0.3) is 17.4 Å². The fourth-order valence-electron chi connectivity index (χ4n) is 3.99. The molecule has 0 atom stereocenters. The third-order valence-electron chi connectivity index (χ3n) is 5.74. The summed E-state index contributed by atoms with van der Waals surface area (Å²) in [5, 5.41) is 3.48. The largest absolute Gasteiger partial charge is 0.457 e. The molecular formula is C27H28ClN3O3. The number of nitrogens with one attached hydrogen (secondary N) is 1. The van der Waals surface area contributed by atoms with Crippen LogP contribution in [-0.4, -0.2) is 42.9 Å². The Bertz CT molecular complexity index is 1160. The summed E-state index contributed by atoms with van der Waals surface area (Å²) < 4.78 is 5.83. The Morgan fingerprint density at radius 1 is 1.03 bits per heavy atom. The van der Waals surface area contributed by atoms with Crippen LogP contribution in [0.15, 0.2) is 71.2 Å². The first-order chi connectivity index (χ1) is 16.5. The molecule has 0 radical (unpaired) electrons. The number of carbonyl (C=O) groups excluding carboxylic acids is 2. The standard InChI is InChI=1S/C27H28ClN3O3/c1-2-6-27(33)31-17-15-30(16-18-31)24-12-9-21(28)19-23(24)29-26(32)14-11-22-10-13-25(34-22)20-7-4-3-5-8-20/h3-5,7-14,19H,2,6,15-18H2,1H3,(H,29,32)/b14-11+. The predicted octanol–water partition coefficient (Wildman–Crippen LogP) is 5.70. The molecule has 1 aromatic heterocycles. The molecule has 34 heavy (non-hydrogen) atoms. The lowest BCUT2D eigenvalue weighted by Gasteiger charge is -2.37. The zero-order chi connectivity index (χ0) is 23.9. The maximum atomic E-state index is 12.7. The van der Waals surface area contributed by atoms with Gasteiger partial charge >= 0.3 is 0 Å². The topological polar surface area (TPSA) is 65.8 Å². The number of furan rings is 1. The van der Waals surface area contributed by atoms with Gasteiger partial charge in [0, 0.05) is 49.3 Å². The molecule has 1 saturated heterocycles. The highest BCUT2D eigenvalue weighted by Gasteiger charge is 2.22. The van der Waals surface area contributed by atoms with E-state index in [-0.39, 0.29) is 11.8 Å². The number of amides is 2. The summed E-state index contributed by atoms with van der Waals surface area (Å²) >= 11 is 6.22. The van der Waals surface area contributed by atoms with Crippen molar-refractivity contribution in [3.8, 4) is 11.3 Å². The van der Waals surface area contributed by atoms with Crippen LogP contribution < -0.4 is 10.2 Å². The monoisotopic (exact) mass is 477 g/mol. The molecule has 1 N–H and O–H groups in total. The first kappa shape index (κ1) is 23.6. The van der Waals surface area contributed by atoms with Crippen molar-refractivity contribution in [2.24, 2.45) is 0 Å². The highest BCUT2D eigenvalue weighted by atomic mass is 35.5. The van der Waals surface area contributed by atoms with Crippen LogP contribution in [0.3, 0.4) is 0 Å². The van der Waals surface area contributed by atoms with E-state index >= 15 is 0 Å². The van der Waals surface area contributed by atoms with Gasteiger partial charge in [-0.3, -0.25) is 9.59 Å². The average Bonchev–Trinajstić information content (AvgIpc) is 3.33. The summed E-state index contributed by atoms with van der Waals surface area (Å²) in [4.78, 5) is 28.9. The van der Waals surface area contributed by atoms with Crippen LogP contribution in [0.2, 0.25) is 5.02 Å². The number of carbonyl (C=O) groups is 2. The molecule has 0 saturated carbocycles. The Hall–Kier alpha value is -3.51. The van der Waals surface area contributed by atoms with Gasteiger partial charge in [-0.1, -0.05) is 48.9 Å². The molecule has 1 fully saturated rings. The second-order valence-electron chi connectivity index (χ2n) is 8.17. The van der Waals surface area contributed by atoms with Crippen molar-refractivity contribution < 1.29 is 14.0 Å². The van der Waals surface area contributed by atoms with E-state index in [1.54, 1.807) is 12.1 Å². The van der Waals surface area contributed by atoms with E-state index in [0.29, 0.717) is 49.1 Å². The lowest BCUT2D eigenvalue weighted by molar-refractivity contribution is -0.131. The Kier molecular flexibility index (Phi) is 7.70. The summed E-state index contributed by atoms with van der Waals surface area (Å²) in [6, 6.07) is 19.0. The van der Waals surface area contributed by atoms with Gasteiger partial charge < -0.3 is 19.5 Å². The minimum atomic E-state index is -0.280. The van der Waals surface area contributed by atoms with Crippen molar-refractivity contribution in [1.82, 2.24) is 4.90 Å². The molecule has 1 aliphatic rings. The van der Waals surface area contributed by atoms with Crippen LogP contribution >= 0.6 is 11.6 Å². The van der Waals surface area contributed by atoms with Crippen LogP contribution in [0.1, 0.15) is 25.5 Å². The maximum Gasteiger partial charge on any atom is 0.248 e. The molecule has 176 valence electrons. The van der Waals surface area contributed by atoms with Gasteiger partial charge in [-0.05, 0) is 42.8 Å². The molecular weight excluding hydrogens is 450 g/mol. The molecule has 2 heterocycles. The van der Waals surface area contributed by atoms with Crippen molar-refractivity contribution in [1.29, 1.82) is 0 Å². The Labute approximate surface area is 204 Å². The van der Waals surface area contributed by atoms with E-state index in [4.69, 9.17) is 16.0 Å². The molecule has 0 bridgehead atoms. The number of piperazine rings is 1. The van der Waals surface area contributed by atoms with Gasteiger partial charge in [0.2, 0.25) is 11.8 Å². The number of rotatable bonds is 7. The van der Waals surface area contributed by atoms with Gasteiger partial charge in [0.15, 0.2) is 0 Å². The highest BCUT2D eigenvalue weighted by molar-refractivity contribution is 6.31. The van der Waals surface area contributed by atoms with E-state index in [0.717, 1.165) is 23.4 Å². The van der Waals surface area contributed by atoms with Gasteiger partial charge in [-0.25, -0.2) is 0 Å². The SMILES string of the molecule is CCCC(=O)N1CCN(c2ccc(Cl)cc2NC(=O)/C=C/c2ccc(-c3ccccc3)o2)CC1. The van der Waals surface area contributed by atoms with E-state index in [9.17, 15) is 9.59 Å². The number of benzene rings is 2. The number of hydrogen-bond acceptors (Lipinski definition) is 4.